The number of amides is 1. The van der Waals surface area contributed by atoms with Crippen molar-refractivity contribution in [1.82, 2.24) is 5.06 Å². The van der Waals surface area contributed by atoms with Crippen molar-refractivity contribution < 1.29 is 19.2 Å². The van der Waals surface area contributed by atoms with Crippen LogP contribution in [-0.2, 0) is 14.4 Å². The molecule has 140 valence electrons. The third-order valence-corrected chi connectivity index (χ3v) is 5.19. The minimum atomic E-state index is -0.589. The molecule has 1 fully saturated rings. The molecule has 5 nitrogen and oxygen atoms in total. The molecule has 0 radical (unpaired) electrons. The molecule has 27 heavy (non-hydrogen) atoms. The van der Waals surface area contributed by atoms with Gasteiger partial charge in [-0.2, -0.15) is 0 Å². The van der Waals surface area contributed by atoms with Gasteiger partial charge in [0, 0.05) is 5.92 Å². The van der Waals surface area contributed by atoms with Gasteiger partial charge in [-0.05, 0) is 34.6 Å². The first-order valence-corrected chi connectivity index (χ1v) is 9.39. The summed E-state index contributed by atoms with van der Waals surface area (Å²) in [6, 6.07) is 16.1. The Morgan fingerprint density at radius 1 is 1.11 bits per heavy atom. The molecular weight excluding hydrogens is 342 g/mol. The topological polar surface area (TPSA) is 55.8 Å². The zero-order chi connectivity index (χ0) is 19.0. The number of carbonyl (C=O) groups excluding carboxylic acids is 2. The van der Waals surface area contributed by atoms with Crippen LogP contribution >= 0.6 is 0 Å². The molecule has 2 aromatic carbocycles. The van der Waals surface area contributed by atoms with Crippen LogP contribution < -0.4 is 0 Å². The lowest BCUT2D eigenvalue weighted by Crippen LogP contribution is -2.36. The second kappa shape index (κ2) is 7.06. The molecule has 0 spiro atoms. The van der Waals surface area contributed by atoms with Crippen molar-refractivity contribution in [3.8, 4) is 11.1 Å². The van der Waals surface area contributed by atoms with Crippen LogP contribution in [0.15, 0.2) is 48.5 Å². The molecule has 1 saturated heterocycles. The normalized spacial score (nSPS) is 18.4. The number of benzene rings is 2. The number of rotatable bonds is 4. The number of hydroxylamine groups is 2. The maximum Gasteiger partial charge on any atom is 0.443 e. The van der Waals surface area contributed by atoms with Gasteiger partial charge >= 0.3 is 12.1 Å². The zero-order valence-electron chi connectivity index (χ0n) is 15.6. The SMILES string of the molecule is CC(C)C[C@H]1CC(=O)ON1C(=O)OCC1c2ccccc2-c2ccccc21. The average molecular weight is 365 g/mol. The van der Waals surface area contributed by atoms with Crippen molar-refractivity contribution in [3.63, 3.8) is 0 Å². The van der Waals surface area contributed by atoms with Crippen LogP contribution in [0.4, 0.5) is 4.79 Å². The molecule has 0 aromatic heterocycles. The lowest BCUT2D eigenvalue weighted by atomic mass is 9.98. The van der Waals surface area contributed by atoms with Gasteiger partial charge < -0.3 is 9.57 Å². The van der Waals surface area contributed by atoms with E-state index in [4.69, 9.17) is 9.57 Å². The molecule has 1 amide bonds. The molecule has 5 heteroatoms. The Morgan fingerprint density at radius 3 is 2.30 bits per heavy atom. The molecule has 4 rings (SSSR count). The summed E-state index contributed by atoms with van der Waals surface area (Å²) < 4.78 is 5.59. The Kier molecular flexibility index (Phi) is 4.60. The van der Waals surface area contributed by atoms with Gasteiger partial charge in [-0.1, -0.05) is 62.4 Å². The standard InChI is InChI=1S/C22H23NO4/c1-14(2)11-15-12-21(24)27-23(15)22(25)26-13-20-18-9-5-3-7-16(18)17-8-4-6-10-19(17)20/h3-10,14-15,20H,11-13H2,1-2H3/t15-/m0/s1. The van der Waals surface area contributed by atoms with Crippen molar-refractivity contribution in [1.29, 1.82) is 0 Å². The van der Waals surface area contributed by atoms with Crippen molar-refractivity contribution >= 4 is 12.1 Å². The predicted molar refractivity (Wildman–Crippen MR) is 101 cm³/mol. The van der Waals surface area contributed by atoms with Gasteiger partial charge in [-0.3, -0.25) is 0 Å². The van der Waals surface area contributed by atoms with Crippen LogP contribution in [0.2, 0.25) is 0 Å². The monoisotopic (exact) mass is 365 g/mol. The van der Waals surface area contributed by atoms with E-state index in [1.807, 2.05) is 24.3 Å². The van der Waals surface area contributed by atoms with E-state index in [-0.39, 0.29) is 31.0 Å². The van der Waals surface area contributed by atoms with E-state index in [1.165, 1.54) is 11.1 Å². The van der Waals surface area contributed by atoms with Gasteiger partial charge in [-0.15, -0.1) is 5.06 Å². The van der Waals surface area contributed by atoms with Crippen LogP contribution in [0.5, 0.6) is 0 Å². The van der Waals surface area contributed by atoms with Crippen LogP contribution in [0.1, 0.15) is 43.7 Å². The van der Waals surface area contributed by atoms with E-state index < -0.39 is 6.09 Å². The summed E-state index contributed by atoms with van der Waals surface area (Å²) in [6.07, 6.45) is 0.339. The van der Waals surface area contributed by atoms with Crippen molar-refractivity contribution in [2.24, 2.45) is 5.92 Å². The summed E-state index contributed by atoms with van der Waals surface area (Å²) in [5.74, 6) is -0.0363. The molecule has 0 saturated carbocycles. The van der Waals surface area contributed by atoms with Gasteiger partial charge in [0.25, 0.3) is 0 Å². The van der Waals surface area contributed by atoms with Gasteiger partial charge in [0.05, 0.1) is 12.5 Å². The molecular formula is C22H23NO4. The fourth-order valence-corrected chi connectivity index (χ4v) is 4.06. The van der Waals surface area contributed by atoms with E-state index in [2.05, 4.69) is 38.1 Å². The second-order valence-corrected chi connectivity index (χ2v) is 7.58. The highest BCUT2D eigenvalue weighted by Gasteiger charge is 2.39. The molecule has 0 unspecified atom stereocenters. The summed E-state index contributed by atoms with van der Waals surface area (Å²) in [5.41, 5.74) is 4.67. The first kappa shape index (κ1) is 17.6. The van der Waals surface area contributed by atoms with Gasteiger partial charge in [0.2, 0.25) is 0 Å². The first-order valence-electron chi connectivity index (χ1n) is 9.39. The lowest BCUT2D eigenvalue weighted by molar-refractivity contribution is -0.167. The molecule has 1 aliphatic carbocycles. The predicted octanol–water partition coefficient (Wildman–Crippen LogP) is 4.51. The fraction of sp³-hybridized carbons (Fsp3) is 0.364. The van der Waals surface area contributed by atoms with Crippen molar-refractivity contribution in [3.05, 3.63) is 59.7 Å². The van der Waals surface area contributed by atoms with Crippen molar-refractivity contribution in [2.75, 3.05) is 6.61 Å². The Labute approximate surface area is 158 Å². The molecule has 2 aromatic rings. The molecule has 0 N–H and O–H groups in total. The fourth-order valence-electron chi connectivity index (χ4n) is 4.06. The van der Waals surface area contributed by atoms with Crippen LogP contribution in [0.25, 0.3) is 11.1 Å². The summed E-state index contributed by atoms with van der Waals surface area (Å²) in [7, 11) is 0. The lowest BCUT2D eigenvalue weighted by Gasteiger charge is -2.23. The average Bonchev–Trinajstić information content (AvgIpc) is 3.17. The number of hydrogen-bond acceptors (Lipinski definition) is 4. The molecule has 1 heterocycles. The third kappa shape index (κ3) is 3.29. The highest BCUT2D eigenvalue weighted by atomic mass is 16.8. The minimum Gasteiger partial charge on any atom is -0.446 e. The maximum atomic E-state index is 12.6. The van der Waals surface area contributed by atoms with Crippen molar-refractivity contribution in [2.45, 2.75) is 38.6 Å². The molecule has 1 atom stereocenters. The first-order chi connectivity index (χ1) is 13.0. The van der Waals surface area contributed by atoms with E-state index in [0.717, 1.165) is 16.2 Å². The second-order valence-electron chi connectivity index (χ2n) is 7.58. The van der Waals surface area contributed by atoms with E-state index in [1.54, 1.807) is 0 Å². The molecule has 0 bridgehead atoms. The van der Waals surface area contributed by atoms with E-state index in [9.17, 15) is 9.59 Å². The number of carbonyl (C=O) groups is 2. The third-order valence-electron chi connectivity index (χ3n) is 5.19. The summed E-state index contributed by atoms with van der Waals surface area (Å²) >= 11 is 0. The van der Waals surface area contributed by atoms with Crippen LogP contribution in [-0.4, -0.2) is 29.8 Å². The van der Waals surface area contributed by atoms with Gasteiger partial charge in [0.1, 0.15) is 6.61 Å². The minimum absolute atomic E-state index is 0.0109. The smallest absolute Gasteiger partial charge is 0.443 e. The number of fused-ring (bicyclic) bond motifs is 3. The van der Waals surface area contributed by atoms with Gasteiger partial charge in [0.15, 0.2) is 0 Å². The summed E-state index contributed by atoms with van der Waals surface area (Å²) in [6.45, 7) is 4.33. The summed E-state index contributed by atoms with van der Waals surface area (Å²) in [5, 5.41) is 1.12. The van der Waals surface area contributed by atoms with E-state index in [0.29, 0.717) is 12.3 Å². The Balaban J connectivity index is 1.50. The Hall–Kier alpha value is -2.82. The number of ether oxygens (including phenoxy) is 1. The molecule has 1 aliphatic heterocycles. The Morgan fingerprint density at radius 2 is 1.70 bits per heavy atom. The summed E-state index contributed by atoms with van der Waals surface area (Å²) in [4.78, 5) is 29.4. The highest BCUT2D eigenvalue weighted by molar-refractivity contribution is 5.80. The van der Waals surface area contributed by atoms with Gasteiger partial charge in [-0.25, -0.2) is 9.59 Å². The molecule has 2 aliphatic rings. The number of nitrogens with zero attached hydrogens (tertiary/aromatic N) is 1. The number of hydrogen-bond donors (Lipinski definition) is 0. The van der Waals surface area contributed by atoms with E-state index >= 15 is 0 Å². The highest BCUT2D eigenvalue weighted by Crippen LogP contribution is 2.44. The largest absolute Gasteiger partial charge is 0.446 e. The quantitative estimate of drug-likeness (QED) is 0.800. The Bertz CT molecular complexity index is 831. The van der Waals surface area contributed by atoms with Crippen LogP contribution in [0.3, 0.4) is 0 Å². The maximum absolute atomic E-state index is 12.6. The zero-order valence-corrected chi connectivity index (χ0v) is 15.6. The van der Waals surface area contributed by atoms with Crippen LogP contribution in [0, 0.1) is 5.92 Å².